The fraction of sp³-hybridized carbons (Fsp3) is 0.512. The maximum atomic E-state index is 7.24. The van der Waals surface area contributed by atoms with Gasteiger partial charge in [-0.2, -0.15) is 0 Å². The lowest BCUT2D eigenvalue weighted by atomic mass is 9.79. The molecule has 1 aliphatic heterocycles. The van der Waals surface area contributed by atoms with Crippen LogP contribution in [0.1, 0.15) is 96.2 Å². The highest BCUT2D eigenvalue weighted by Crippen LogP contribution is 2.37. The SMILES string of the molecule is CCCC(CNCc1ncc(-c2cccc(-c3cccc(C4=N/CCC(NC)C(=C\NC)/C=C\4)c3Cl)c2C)nc1CC(C)C)CC(C)(C)CC. The summed E-state index contributed by atoms with van der Waals surface area (Å²) in [5, 5.41) is 11.1. The first kappa shape index (κ1) is 39.5. The molecule has 2 heterocycles. The van der Waals surface area contributed by atoms with Crippen LogP contribution in [0.2, 0.25) is 5.02 Å². The monoisotopic (exact) mass is 696 g/mol. The lowest BCUT2D eigenvalue weighted by Gasteiger charge is -2.29. The summed E-state index contributed by atoms with van der Waals surface area (Å²) in [6, 6.07) is 12.9. The normalized spacial score (nSPS) is 18.4. The molecule has 0 spiro atoms. The van der Waals surface area contributed by atoms with Crippen molar-refractivity contribution in [3.05, 3.63) is 94.1 Å². The smallest absolute Gasteiger partial charge is 0.0891 e. The van der Waals surface area contributed by atoms with Crippen molar-refractivity contribution in [1.29, 1.82) is 0 Å². The van der Waals surface area contributed by atoms with Crippen LogP contribution in [0, 0.1) is 24.2 Å². The Bertz CT molecular complexity index is 1650. The van der Waals surface area contributed by atoms with Crippen LogP contribution in [0.25, 0.3) is 22.4 Å². The molecular formula is C43H61ClN6. The first-order chi connectivity index (χ1) is 24.0. The largest absolute Gasteiger partial charge is 0.394 e. The topological polar surface area (TPSA) is 74.2 Å². The molecule has 6 nitrogen and oxygen atoms in total. The van der Waals surface area contributed by atoms with Crippen molar-refractivity contribution >= 4 is 17.3 Å². The molecule has 0 saturated carbocycles. The number of halogens is 1. The van der Waals surface area contributed by atoms with E-state index in [9.17, 15) is 0 Å². The van der Waals surface area contributed by atoms with Gasteiger partial charge in [0.05, 0.1) is 34.0 Å². The number of likely N-dealkylation sites (N-methyl/N-ethyl adjacent to an activating group) is 1. The summed E-state index contributed by atoms with van der Waals surface area (Å²) in [4.78, 5) is 15.3. The van der Waals surface area contributed by atoms with Crippen molar-refractivity contribution in [2.45, 2.75) is 99.6 Å². The Hall–Kier alpha value is -3.32. The summed E-state index contributed by atoms with van der Waals surface area (Å²) in [5.41, 5.74) is 10.7. The number of aliphatic imine (C=N–C) groups is 1. The molecule has 0 bridgehead atoms. The first-order valence-corrected chi connectivity index (χ1v) is 19.1. The molecule has 3 aromatic rings. The minimum Gasteiger partial charge on any atom is -0.394 e. The third-order valence-electron chi connectivity index (χ3n) is 10.1. The van der Waals surface area contributed by atoms with Crippen LogP contribution in [-0.2, 0) is 13.0 Å². The summed E-state index contributed by atoms with van der Waals surface area (Å²) in [5.74, 6) is 1.14. The fourth-order valence-corrected chi connectivity index (χ4v) is 7.38. The predicted octanol–water partition coefficient (Wildman–Crippen LogP) is 9.74. The zero-order chi connectivity index (χ0) is 36.3. The zero-order valence-corrected chi connectivity index (χ0v) is 32.8. The molecule has 0 fully saturated rings. The summed E-state index contributed by atoms with van der Waals surface area (Å²) < 4.78 is 0. The van der Waals surface area contributed by atoms with Crippen LogP contribution >= 0.6 is 11.6 Å². The molecule has 7 heteroatoms. The first-order valence-electron chi connectivity index (χ1n) is 18.7. The average molecular weight is 697 g/mol. The number of allylic oxidation sites excluding steroid dienone is 1. The second-order valence-electron chi connectivity index (χ2n) is 15.1. The lowest BCUT2D eigenvalue weighted by Crippen LogP contribution is -2.29. The van der Waals surface area contributed by atoms with Crippen molar-refractivity contribution in [1.82, 2.24) is 25.9 Å². The van der Waals surface area contributed by atoms with Gasteiger partial charge in [-0.05, 0) is 86.2 Å². The Morgan fingerprint density at radius 3 is 2.38 bits per heavy atom. The van der Waals surface area contributed by atoms with E-state index in [0.717, 1.165) is 76.5 Å². The predicted molar refractivity (Wildman–Crippen MR) is 215 cm³/mol. The quantitative estimate of drug-likeness (QED) is 0.139. The molecule has 3 N–H and O–H groups in total. The molecule has 4 rings (SSSR count). The molecule has 270 valence electrons. The summed E-state index contributed by atoms with van der Waals surface area (Å²) in [6.07, 6.45) is 14.9. The number of aromatic nitrogens is 2. The second kappa shape index (κ2) is 18.8. The van der Waals surface area contributed by atoms with Gasteiger partial charge in [0.2, 0.25) is 0 Å². The van der Waals surface area contributed by atoms with Crippen LogP contribution in [0.3, 0.4) is 0 Å². The third kappa shape index (κ3) is 10.4. The molecule has 2 aromatic carbocycles. The fourth-order valence-electron chi connectivity index (χ4n) is 7.05. The van der Waals surface area contributed by atoms with Crippen molar-refractivity contribution < 1.29 is 0 Å². The number of hydrogen-bond acceptors (Lipinski definition) is 6. The van der Waals surface area contributed by atoms with Crippen LogP contribution < -0.4 is 16.0 Å². The highest BCUT2D eigenvalue weighted by atomic mass is 35.5. The molecule has 0 saturated heterocycles. The van der Waals surface area contributed by atoms with Crippen LogP contribution in [0.15, 0.2) is 71.5 Å². The van der Waals surface area contributed by atoms with Gasteiger partial charge in [0.1, 0.15) is 0 Å². The van der Waals surface area contributed by atoms with Gasteiger partial charge >= 0.3 is 0 Å². The van der Waals surface area contributed by atoms with Gasteiger partial charge in [0, 0.05) is 49.1 Å². The van der Waals surface area contributed by atoms with E-state index < -0.39 is 0 Å². The van der Waals surface area contributed by atoms with E-state index in [4.69, 9.17) is 26.6 Å². The third-order valence-corrected chi connectivity index (χ3v) is 10.5. The Balaban J connectivity index is 1.63. The minimum absolute atomic E-state index is 0.243. The van der Waals surface area contributed by atoms with Gasteiger partial charge in [-0.15, -0.1) is 0 Å². The van der Waals surface area contributed by atoms with Crippen LogP contribution in [-0.4, -0.2) is 48.9 Å². The van der Waals surface area contributed by atoms with Crippen molar-refractivity contribution in [2.24, 2.45) is 22.2 Å². The Kier molecular flexibility index (Phi) is 14.8. The van der Waals surface area contributed by atoms with E-state index in [2.05, 4.69) is 113 Å². The van der Waals surface area contributed by atoms with Gasteiger partial charge in [-0.25, -0.2) is 4.98 Å². The van der Waals surface area contributed by atoms with Crippen molar-refractivity contribution in [3.63, 3.8) is 0 Å². The molecule has 2 atom stereocenters. The van der Waals surface area contributed by atoms with E-state index in [0.29, 0.717) is 28.8 Å². The second-order valence-corrected chi connectivity index (χ2v) is 15.4. The maximum Gasteiger partial charge on any atom is 0.0891 e. The molecule has 50 heavy (non-hydrogen) atoms. The number of nitrogens with one attached hydrogen (secondary N) is 3. The van der Waals surface area contributed by atoms with Crippen LogP contribution in [0.4, 0.5) is 0 Å². The number of nitrogens with zero attached hydrogens (tertiary/aromatic N) is 3. The van der Waals surface area contributed by atoms with Crippen molar-refractivity contribution in [2.75, 3.05) is 27.2 Å². The molecular weight excluding hydrogens is 636 g/mol. The standard InChI is InChI=1S/C43H61ClN6/c1-10-14-31(24-43(6,7)11-2)25-47-27-41-39(23-29(3)4)50-40(28-49-41)34-16-12-15-33(30(34)5)35-17-13-18-36(42(35)44)38-20-19-32(26-45-8)37(46-9)21-22-48-38/h12-13,15-20,26,28-29,31,37,45-47H,10-11,14,21-25,27H2,1-9H3/b20-19-,32-26-,48-38+. The van der Waals surface area contributed by atoms with Gasteiger partial charge in [-0.1, -0.05) is 108 Å². The van der Waals surface area contributed by atoms with E-state index in [1.165, 1.54) is 31.3 Å². The molecule has 0 amide bonds. The average Bonchev–Trinajstić information content (AvgIpc) is 3.07. The Morgan fingerprint density at radius 2 is 1.70 bits per heavy atom. The van der Waals surface area contributed by atoms with Gasteiger partial charge < -0.3 is 16.0 Å². The lowest BCUT2D eigenvalue weighted by molar-refractivity contribution is 0.241. The molecule has 1 aliphatic rings. The van der Waals surface area contributed by atoms with Gasteiger partial charge in [0.15, 0.2) is 0 Å². The van der Waals surface area contributed by atoms with E-state index >= 15 is 0 Å². The Labute approximate surface area is 307 Å². The molecule has 0 aliphatic carbocycles. The number of benzene rings is 2. The Morgan fingerprint density at radius 1 is 0.980 bits per heavy atom. The van der Waals surface area contributed by atoms with E-state index in [1.807, 2.05) is 26.5 Å². The summed E-state index contributed by atoms with van der Waals surface area (Å²) >= 11 is 7.24. The zero-order valence-electron chi connectivity index (χ0n) is 32.1. The minimum atomic E-state index is 0.243. The van der Waals surface area contributed by atoms with Crippen LogP contribution in [0.5, 0.6) is 0 Å². The van der Waals surface area contributed by atoms with Gasteiger partial charge in [-0.3, -0.25) is 9.98 Å². The highest BCUT2D eigenvalue weighted by molar-refractivity contribution is 6.37. The summed E-state index contributed by atoms with van der Waals surface area (Å²) in [6.45, 7) is 18.5. The number of hydrogen-bond donors (Lipinski definition) is 3. The van der Waals surface area contributed by atoms with E-state index in [-0.39, 0.29) is 6.04 Å². The molecule has 1 aromatic heterocycles. The van der Waals surface area contributed by atoms with E-state index in [1.54, 1.807) is 0 Å². The summed E-state index contributed by atoms with van der Waals surface area (Å²) in [7, 11) is 3.92. The highest BCUT2D eigenvalue weighted by Gasteiger charge is 2.22. The van der Waals surface area contributed by atoms with Crippen molar-refractivity contribution in [3.8, 4) is 22.4 Å². The maximum absolute atomic E-state index is 7.24. The van der Waals surface area contributed by atoms with Gasteiger partial charge in [0.25, 0.3) is 0 Å². The number of rotatable bonds is 16. The molecule has 0 radical (unpaired) electrons. The molecule has 2 unspecified atom stereocenters.